The molecule has 26 heavy (non-hydrogen) atoms. The Bertz CT molecular complexity index is 767. The first-order valence-corrected chi connectivity index (χ1v) is 9.20. The van der Waals surface area contributed by atoms with Crippen molar-refractivity contribution in [1.82, 2.24) is 0 Å². The lowest BCUT2D eigenvalue weighted by atomic mass is 10.1. The van der Waals surface area contributed by atoms with E-state index in [1.54, 1.807) is 31.2 Å². The molecule has 0 aliphatic rings. The summed E-state index contributed by atoms with van der Waals surface area (Å²) in [4.78, 5) is 25.3. The van der Waals surface area contributed by atoms with E-state index in [1.807, 2.05) is 20.8 Å². The molecule has 7 heteroatoms. The van der Waals surface area contributed by atoms with Crippen molar-refractivity contribution in [2.24, 2.45) is 0 Å². The van der Waals surface area contributed by atoms with Crippen LogP contribution in [0, 0.1) is 13.8 Å². The van der Waals surface area contributed by atoms with Gasteiger partial charge in [0.05, 0.1) is 18.8 Å². The maximum absolute atomic E-state index is 12.2. The second kappa shape index (κ2) is 9.24. The predicted octanol–water partition coefficient (Wildman–Crippen LogP) is 3.96. The quantitative estimate of drug-likeness (QED) is 0.705. The van der Waals surface area contributed by atoms with Gasteiger partial charge in [-0.25, -0.2) is 4.79 Å². The van der Waals surface area contributed by atoms with Gasteiger partial charge >= 0.3 is 5.97 Å². The summed E-state index contributed by atoms with van der Waals surface area (Å²) >= 11 is 1.35. The van der Waals surface area contributed by atoms with Gasteiger partial charge < -0.3 is 19.5 Å². The van der Waals surface area contributed by atoms with Crippen molar-refractivity contribution in [3.8, 4) is 11.5 Å². The van der Waals surface area contributed by atoms with Gasteiger partial charge in [0.25, 0.3) is 5.91 Å². The molecule has 1 heterocycles. The molecule has 2 rings (SSSR count). The van der Waals surface area contributed by atoms with Gasteiger partial charge in [-0.05, 0) is 57.5 Å². The van der Waals surface area contributed by atoms with Gasteiger partial charge in [-0.3, -0.25) is 4.79 Å². The number of amides is 1. The van der Waals surface area contributed by atoms with Crippen molar-refractivity contribution in [3.63, 3.8) is 0 Å². The second-order valence-electron chi connectivity index (χ2n) is 5.45. The Kier molecular flexibility index (Phi) is 7.03. The van der Waals surface area contributed by atoms with E-state index < -0.39 is 5.97 Å². The van der Waals surface area contributed by atoms with E-state index in [-0.39, 0.29) is 19.1 Å². The summed E-state index contributed by atoms with van der Waals surface area (Å²) in [6, 6.07) is 7.03. The molecule has 0 atom stereocenters. The summed E-state index contributed by atoms with van der Waals surface area (Å²) in [6.45, 7) is 8.10. The normalized spacial score (nSPS) is 10.3. The number of carbonyl (C=O) groups is 2. The van der Waals surface area contributed by atoms with E-state index in [4.69, 9.17) is 14.2 Å². The minimum absolute atomic E-state index is 0.160. The molecule has 1 aromatic heterocycles. The van der Waals surface area contributed by atoms with Crippen LogP contribution in [0.2, 0.25) is 0 Å². The molecule has 0 saturated heterocycles. The fraction of sp³-hybridized carbons (Fsp3) is 0.368. The number of hydrogen-bond donors (Lipinski definition) is 1. The zero-order valence-corrected chi connectivity index (χ0v) is 16.2. The van der Waals surface area contributed by atoms with Gasteiger partial charge in [-0.15, -0.1) is 11.3 Å². The minimum atomic E-state index is -0.433. The standard InChI is InChI=1S/C19H23NO5S/c1-5-23-14-7-9-15(10-8-14)25-11-16(21)20-18-17(19(22)24-6-2)12(3)13(4)26-18/h7-10H,5-6,11H2,1-4H3,(H,20,21). The van der Waals surface area contributed by atoms with Crippen molar-refractivity contribution in [2.45, 2.75) is 27.7 Å². The van der Waals surface area contributed by atoms with Crippen LogP contribution in [-0.4, -0.2) is 31.7 Å². The topological polar surface area (TPSA) is 73.9 Å². The third kappa shape index (κ3) is 4.98. The largest absolute Gasteiger partial charge is 0.494 e. The van der Waals surface area contributed by atoms with E-state index in [1.165, 1.54) is 11.3 Å². The van der Waals surface area contributed by atoms with Gasteiger partial charge in [0.2, 0.25) is 0 Å². The summed E-state index contributed by atoms with van der Waals surface area (Å²) in [6.07, 6.45) is 0. The van der Waals surface area contributed by atoms with E-state index in [9.17, 15) is 9.59 Å². The van der Waals surface area contributed by atoms with Gasteiger partial charge in [0.15, 0.2) is 6.61 Å². The number of nitrogens with one attached hydrogen (secondary N) is 1. The number of hydrogen-bond acceptors (Lipinski definition) is 6. The first-order valence-electron chi connectivity index (χ1n) is 8.38. The molecule has 1 aromatic carbocycles. The Hall–Kier alpha value is -2.54. The average Bonchev–Trinajstić information content (AvgIpc) is 2.88. The highest BCUT2D eigenvalue weighted by Gasteiger charge is 2.22. The fourth-order valence-corrected chi connectivity index (χ4v) is 3.34. The van der Waals surface area contributed by atoms with E-state index >= 15 is 0 Å². The molecular weight excluding hydrogens is 354 g/mol. The maximum atomic E-state index is 12.2. The Morgan fingerprint density at radius 3 is 2.19 bits per heavy atom. The molecule has 2 aromatic rings. The number of aryl methyl sites for hydroxylation is 1. The molecule has 0 saturated carbocycles. The highest BCUT2D eigenvalue weighted by molar-refractivity contribution is 7.16. The highest BCUT2D eigenvalue weighted by atomic mass is 32.1. The molecule has 0 spiro atoms. The number of ether oxygens (including phenoxy) is 3. The number of benzene rings is 1. The van der Waals surface area contributed by atoms with E-state index in [0.29, 0.717) is 22.9 Å². The van der Waals surface area contributed by atoms with Crippen LogP contribution in [0.3, 0.4) is 0 Å². The third-order valence-electron chi connectivity index (χ3n) is 3.62. The maximum Gasteiger partial charge on any atom is 0.341 e. The molecule has 0 radical (unpaired) electrons. The van der Waals surface area contributed by atoms with Crippen LogP contribution in [0.5, 0.6) is 11.5 Å². The highest BCUT2D eigenvalue weighted by Crippen LogP contribution is 2.33. The van der Waals surface area contributed by atoms with E-state index in [0.717, 1.165) is 16.2 Å². The third-order valence-corrected chi connectivity index (χ3v) is 4.75. The summed E-state index contributed by atoms with van der Waals surface area (Å²) in [7, 11) is 0. The minimum Gasteiger partial charge on any atom is -0.494 e. The lowest BCUT2D eigenvalue weighted by Gasteiger charge is -2.09. The van der Waals surface area contributed by atoms with E-state index in [2.05, 4.69) is 5.32 Å². The number of esters is 1. The van der Waals surface area contributed by atoms with Crippen LogP contribution < -0.4 is 14.8 Å². The fourth-order valence-electron chi connectivity index (χ4n) is 2.27. The molecule has 1 N–H and O–H groups in total. The van der Waals surface area contributed by atoms with Crippen molar-refractivity contribution < 1.29 is 23.8 Å². The Morgan fingerprint density at radius 2 is 1.62 bits per heavy atom. The lowest BCUT2D eigenvalue weighted by molar-refractivity contribution is -0.118. The monoisotopic (exact) mass is 377 g/mol. The van der Waals surface area contributed by atoms with Crippen LogP contribution in [0.15, 0.2) is 24.3 Å². The number of rotatable bonds is 8. The molecule has 0 bridgehead atoms. The molecule has 0 unspecified atom stereocenters. The predicted molar refractivity (Wildman–Crippen MR) is 101 cm³/mol. The molecule has 0 aliphatic heterocycles. The Morgan fingerprint density at radius 1 is 1.00 bits per heavy atom. The second-order valence-corrected chi connectivity index (χ2v) is 6.67. The molecular formula is C19H23NO5S. The van der Waals surface area contributed by atoms with Crippen LogP contribution in [0.4, 0.5) is 5.00 Å². The zero-order chi connectivity index (χ0) is 19.1. The molecule has 0 fully saturated rings. The Balaban J connectivity index is 1.99. The SMILES string of the molecule is CCOC(=O)c1c(NC(=O)COc2ccc(OCC)cc2)sc(C)c1C. The smallest absolute Gasteiger partial charge is 0.341 e. The van der Waals surface area contributed by atoms with Crippen molar-refractivity contribution in [3.05, 3.63) is 40.3 Å². The molecule has 140 valence electrons. The summed E-state index contributed by atoms with van der Waals surface area (Å²) < 4.78 is 15.9. The van der Waals surface area contributed by atoms with Gasteiger partial charge in [0, 0.05) is 4.88 Å². The van der Waals surface area contributed by atoms with Crippen molar-refractivity contribution in [2.75, 3.05) is 25.1 Å². The van der Waals surface area contributed by atoms with Crippen molar-refractivity contribution >= 4 is 28.2 Å². The molecule has 6 nitrogen and oxygen atoms in total. The summed E-state index contributed by atoms with van der Waals surface area (Å²) in [5.74, 6) is 0.531. The van der Waals surface area contributed by atoms with Gasteiger partial charge in [-0.2, -0.15) is 0 Å². The lowest BCUT2D eigenvalue weighted by Crippen LogP contribution is -2.21. The van der Waals surface area contributed by atoms with Crippen LogP contribution >= 0.6 is 11.3 Å². The summed E-state index contributed by atoms with van der Waals surface area (Å²) in [5, 5.41) is 3.23. The average molecular weight is 377 g/mol. The zero-order valence-electron chi connectivity index (χ0n) is 15.4. The first kappa shape index (κ1) is 19.8. The number of anilines is 1. The first-order chi connectivity index (χ1) is 12.5. The van der Waals surface area contributed by atoms with Crippen LogP contribution in [0.25, 0.3) is 0 Å². The number of thiophene rings is 1. The van der Waals surface area contributed by atoms with Gasteiger partial charge in [0.1, 0.15) is 16.5 Å². The molecule has 0 aliphatic carbocycles. The van der Waals surface area contributed by atoms with Crippen LogP contribution in [0.1, 0.15) is 34.6 Å². The van der Waals surface area contributed by atoms with Gasteiger partial charge in [-0.1, -0.05) is 0 Å². The van der Waals surface area contributed by atoms with Crippen molar-refractivity contribution in [1.29, 1.82) is 0 Å². The van der Waals surface area contributed by atoms with Crippen LogP contribution in [-0.2, 0) is 9.53 Å². The summed E-state index contributed by atoms with van der Waals surface area (Å²) in [5.41, 5.74) is 1.22. The number of carbonyl (C=O) groups excluding carboxylic acids is 2. The molecule has 1 amide bonds. The Labute approximate surface area is 157 Å².